The van der Waals surface area contributed by atoms with Gasteiger partial charge in [0.1, 0.15) is 5.75 Å². The summed E-state index contributed by atoms with van der Waals surface area (Å²) >= 11 is 1.66. The van der Waals surface area contributed by atoms with Gasteiger partial charge in [-0.1, -0.05) is 0 Å². The molecule has 0 unspecified atom stereocenters. The molecule has 0 radical (unpaired) electrons. The number of aromatic nitrogens is 2. The third-order valence-electron chi connectivity index (χ3n) is 3.12. The van der Waals surface area contributed by atoms with Crippen molar-refractivity contribution in [2.24, 2.45) is 0 Å². The molecule has 5 nitrogen and oxygen atoms in total. The zero-order valence-corrected chi connectivity index (χ0v) is 13.4. The van der Waals surface area contributed by atoms with Crippen molar-refractivity contribution in [3.63, 3.8) is 0 Å². The number of hydrogen-bond acceptors (Lipinski definition) is 4. The van der Waals surface area contributed by atoms with Crippen LogP contribution in [0.15, 0.2) is 29.2 Å². The first-order valence-corrected chi connectivity index (χ1v) is 7.87. The minimum Gasteiger partial charge on any atom is -0.481 e. The molecule has 1 aromatic carbocycles. The highest BCUT2D eigenvalue weighted by Gasteiger charge is 2.17. The van der Waals surface area contributed by atoms with Crippen molar-refractivity contribution in [3.8, 4) is 5.75 Å². The number of aryl methyl sites for hydroxylation is 2. The van der Waals surface area contributed by atoms with Gasteiger partial charge in [-0.2, -0.15) is 5.10 Å². The number of rotatable bonds is 5. The first kappa shape index (κ1) is 15.4. The molecule has 0 aliphatic carbocycles. The average Bonchev–Trinajstić information content (AvgIpc) is 2.79. The fourth-order valence-corrected chi connectivity index (χ4v) is 2.28. The highest BCUT2D eigenvalue weighted by Crippen LogP contribution is 2.21. The number of thioether (sulfide) groups is 1. The van der Waals surface area contributed by atoms with Crippen molar-refractivity contribution in [1.29, 1.82) is 0 Å². The minimum absolute atomic E-state index is 0.198. The number of amides is 1. The molecule has 1 aromatic heterocycles. The zero-order chi connectivity index (χ0) is 15.4. The van der Waals surface area contributed by atoms with Crippen molar-refractivity contribution in [1.82, 2.24) is 10.2 Å². The number of benzene rings is 1. The third-order valence-corrected chi connectivity index (χ3v) is 3.86. The lowest BCUT2D eigenvalue weighted by Crippen LogP contribution is -2.30. The Morgan fingerprint density at radius 3 is 2.52 bits per heavy atom. The third kappa shape index (κ3) is 3.78. The Kier molecular flexibility index (Phi) is 4.90. The maximum atomic E-state index is 12.2. The van der Waals surface area contributed by atoms with Crippen LogP contribution >= 0.6 is 11.8 Å². The van der Waals surface area contributed by atoms with E-state index in [9.17, 15) is 4.79 Å². The van der Waals surface area contributed by atoms with Crippen LogP contribution in [-0.2, 0) is 4.79 Å². The summed E-state index contributed by atoms with van der Waals surface area (Å²) in [5.41, 5.74) is 2.31. The van der Waals surface area contributed by atoms with Crippen LogP contribution in [0.3, 0.4) is 0 Å². The lowest BCUT2D eigenvalue weighted by molar-refractivity contribution is -0.122. The van der Waals surface area contributed by atoms with Crippen LogP contribution in [-0.4, -0.2) is 28.5 Å². The predicted octanol–water partition coefficient (Wildman–Crippen LogP) is 3.15. The van der Waals surface area contributed by atoms with Crippen molar-refractivity contribution in [3.05, 3.63) is 35.7 Å². The monoisotopic (exact) mass is 305 g/mol. The molecular formula is C15H19N3O2S. The first-order chi connectivity index (χ1) is 10.0. The van der Waals surface area contributed by atoms with Gasteiger partial charge in [-0.15, -0.1) is 11.8 Å². The van der Waals surface area contributed by atoms with Gasteiger partial charge in [0.2, 0.25) is 0 Å². The second-order valence-electron chi connectivity index (χ2n) is 4.73. The van der Waals surface area contributed by atoms with Gasteiger partial charge in [0.05, 0.1) is 17.1 Å². The van der Waals surface area contributed by atoms with E-state index in [1.807, 2.05) is 44.4 Å². The fourth-order valence-electron chi connectivity index (χ4n) is 1.87. The molecular weight excluding hydrogens is 286 g/mol. The largest absolute Gasteiger partial charge is 0.481 e. The van der Waals surface area contributed by atoms with Gasteiger partial charge in [0.15, 0.2) is 6.10 Å². The molecule has 0 fully saturated rings. The topological polar surface area (TPSA) is 67.0 Å². The lowest BCUT2D eigenvalue weighted by Gasteiger charge is -2.15. The van der Waals surface area contributed by atoms with E-state index in [0.717, 1.165) is 16.3 Å². The van der Waals surface area contributed by atoms with Crippen LogP contribution in [0.25, 0.3) is 0 Å². The molecule has 1 heterocycles. The van der Waals surface area contributed by atoms with Crippen molar-refractivity contribution >= 4 is 23.4 Å². The highest BCUT2D eigenvalue weighted by atomic mass is 32.2. The van der Waals surface area contributed by atoms with Gasteiger partial charge in [0, 0.05) is 4.90 Å². The van der Waals surface area contributed by atoms with Crippen LogP contribution in [0.2, 0.25) is 0 Å². The van der Waals surface area contributed by atoms with Crippen LogP contribution in [0.4, 0.5) is 5.69 Å². The minimum atomic E-state index is -0.584. The normalized spacial score (nSPS) is 12.0. The average molecular weight is 305 g/mol. The van der Waals surface area contributed by atoms with E-state index in [0.29, 0.717) is 11.4 Å². The maximum Gasteiger partial charge on any atom is 0.265 e. The molecule has 0 spiro atoms. The Morgan fingerprint density at radius 1 is 1.33 bits per heavy atom. The van der Waals surface area contributed by atoms with Crippen LogP contribution in [0.1, 0.15) is 18.3 Å². The Labute approximate surface area is 128 Å². The number of H-pyrrole nitrogens is 1. The number of hydrogen-bond donors (Lipinski definition) is 2. The number of ether oxygens (including phenoxy) is 1. The predicted molar refractivity (Wildman–Crippen MR) is 85.0 cm³/mol. The Bertz CT molecular complexity index is 603. The summed E-state index contributed by atoms with van der Waals surface area (Å²) in [5.74, 6) is 0.479. The summed E-state index contributed by atoms with van der Waals surface area (Å²) in [6.07, 6.45) is 1.43. The molecule has 112 valence electrons. The molecule has 0 saturated heterocycles. The maximum absolute atomic E-state index is 12.2. The number of nitrogens with zero attached hydrogens (tertiary/aromatic N) is 1. The Morgan fingerprint density at radius 2 is 2.00 bits per heavy atom. The van der Waals surface area contributed by atoms with Gasteiger partial charge in [0.25, 0.3) is 5.91 Å². The van der Waals surface area contributed by atoms with Crippen molar-refractivity contribution in [2.75, 3.05) is 11.6 Å². The van der Waals surface area contributed by atoms with Gasteiger partial charge < -0.3 is 10.1 Å². The molecule has 0 bridgehead atoms. The highest BCUT2D eigenvalue weighted by molar-refractivity contribution is 7.98. The molecule has 2 aromatic rings. The second kappa shape index (κ2) is 6.67. The number of anilines is 1. The summed E-state index contributed by atoms with van der Waals surface area (Å²) < 4.78 is 5.65. The molecule has 0 aliphatic rings. The fraction of sp³-hybridized carbons (Fsp3) is 0.333. The quantitative estimate of drug-likeness (QED) is 0.833. The molecule has 2 N–H and O–H groups in total. The van der Waals surface area contributed by atoms with E-state index in [4.69, 9.17) is 4.74 Å². The lowest BCUT2D eigenvalue weighted by atomic mass is 10.3. The van der Waals surface area contributed by atoms with E-state index in [1.54, 1.807) is 18.7 Å². The molecule has 1 amide bonds. The Hall–Kier alpha value is -1.95. The first-order valence-electron chi connectivity index (χ1n) is 6.64. The summed E-state index contributed by atoms with van der Waals surface area (Å²) in [7, 11) is 0. The standard InChI is InChI=1S/C15H19N3O2S/c1-9-14(10(2)18-17-9)16-15(19)11(3)20-12-5-7-13(21-4)8-6-12/h5-8,11H,1-4H3,(H,16,19)(H,17,18)/t11-/m1/s1. The molecule has 6 heteroatoms. The number of aromatic amines is 1. The summed E-state index contributed by atoms with van der Waals surface area (Å²) in [4.78, 5) is 13.3. The molecule has 1 atom stereocenters. The van der Waals surface area contributed by atoms with Gasteiger partial charge in [-0.3, -0.25) is 9.89 Å². The summed E-state index contributed by atoms with van der Waals surface area (Å²) in [6, 6.07) is 7.66. The number of carbonyl (C=O) groups is 1. The SMILES string of the molecule is CSc1ccc(O[C@H](C)C(=O)Nc2c(C)n[nH]c2C)cc1. The zero-order valence-electron chi connectivity index (χ0n) is 12.6. The second-order valence-corrected chi connectivity index (χ2v) is 5.61. The van der Waals surface area contributed by atoms with E-state index in [1.165, 1.54) is 0 Å². The van der Waals surface area contributed by atoms with E-state index in [2.05, 4.69) is 15.5 Å². The smallest absolute Gasteiger partial charge is 0.265 e. The van der Waals surface area contributed by atoms with Crippen LogP contribution < -0.4 is 10.1 Å². The van der Waals surface area contributed by atoms with Crippen LogP contribution in [0.5, 0.6) is 5.75 Å². The van der Waals surface area contributed by atoms with Gasteiger partial charge >= 0.3 is 0 Å². The number of nitrogens with one attached hydrogen (secondary N) is 2. The van der Waals surface area contributed by atoms with Crippen molar-refractivity contribution in [2.45, 2.75) is 31.8 Å². The van der Waals surface area contributed by atoms with Gasteiger partial charge in [-0.25, -0.2) is 0 Å². The summed E-state index contributed by atoms with van der Waals surface area (Å²) in [6.45, 7) is 5.43. The van der Waals surface area contributed by atoms with E-state index >= 15 is 0 Å². The van der Waals surface area contributed by atoms with E-state index in [-0.39, 0.29) is 5.91 Å². The van der Waals surface area contributed by atoms with Gasteiger partial charge in [-0.05, 0) is 51.3 Å². The van der Waals surface area contributed by atoms with E-state index < -0.39 is 6.10 Å². The number of carbonyl (C=O) groups excluding carboxylic acids is 1. The summed E-state index contributed by atoms with van der Waals surface area (Å²) in [5, 5.41) is 9.72. The van der Waals surface area contributed by atoms with Crippen LogP contribution in [0, 0.1) is 13.8 Å². The Balaban J connectivity index is 1.99. The molecule has 0 saturated carbocycles. The molecule has 21 heavy (non-hydrogen) atoms. The molecule has 0 aliphatic heterocycles. The van der Waals surface area contributed by atoms with Crippen molar-refractivity contribution < 1.29 is 9.53 Å². The molecule has 2 rings (SSSR count).